The van der Waals surface area contributed by atoms with Gasteiger partial charge in [0.05, 0.1) is 6.42 Å². The molecule has 0 heterocycles. The molecule has 1 aromatic carbocycles. The first-order valence-corrected chi connectivity index (χ1v) is 5.73. The summed E-state index contributed by atoms with van der Waals surface area (Å²) >= 11 is 0. The third-order valence-electron chi connectivity index (χ3n) is 2.38. The molecule has 0 spiro atoms. The van der Waals surface area contributed by atoms with Gasteiger partial charge in [0.2, 0.25) is 5.91 Å². The van der Waals surface area contributed by atoms with Crippen LogP contribution in [0.25, 0.3) is 0 Å². The highest BCUT2D eigenvalue weighted by atomic mass is 19.1. The average Bonchev–Trinajstić information content (AvgIpc) is 2.28. The fraction of sp³-hybridized carbons (Fsp3) is 0.462. The van der Waals surface area contributed by atoms with Gasteiger partial charge in [0.1, 0.15) is 5.82 Å². The number of nitrogens with one attached hydrogen (secondary N) is 1. The van der Waals surface area contributed by atoms with Crippen molar-refractivity contribution in [2.75, 3.05) is 6.54 Å². The summed E-state index contributed by atoms with van der Waals surface area (Å²) < 4.78 is 12.6. The summed E-state index contributed by atoms with van der Waals surface area (Å²) in [6.07, 6.45) is 3.63. The molecule has 0 aliphatic rings. The summed E-state index contributed by atoms with van der Waals surface area (Å²) in [6.45, 7) is 2.86. The first-order valence-electron chi connectivity index (χ1n) is 5.73. The zero-order valence-corrected chi connectivity index (χ0v) is 9.63. The van der Waals surface area contributed by atoms with Gasteiger partial charge in [-0.15, -0.1) is 0 Å². The Hall–Kier alpha value is -1.38. The highest BCUT2D eigenvalue weighted by Crippen LogP contribution is 2.03. The normalized spacial score (nSPS) is 10.1. The van der Waals surface area contributed by atoms with Crippen LogP contribution < -0.4 is 5.32 Å². The average molecular weight is 223 g/mol. The number of hydrogen-bond acceptors (Lipinski definition) is 1. The second-order valence-electron chi connectivity index (χ2n) is 3.86. The van der Waals surface area contributed by atoms with Crippen molar-refractivity contribution in [3.63, 3.8) is 0 Å². The molecule has 0 radical (unpaired) electrons. The second kappa shape index (κ2) is 6.99. The molecular weight excluding hydrogens is 205 g/mol. The third-order valence-corrected chi connectivity index (χ3v) is 2.38. The minimum Gasteiger partial charge on any atom is -0.356 e. The van der Waals surface area contributed by atoms with Gasteiger partial charge in [0, 0.05) is 6.54 Å². The van der Waals surface area contributed by atoms with Gasteiger partial charge in [-0.1, -0.05) is 31.9 Å². The highest BCUT2D eigenvalue weighted by molar-refractivity contribution is 5.78. The van der Waals surface area contributed by atoms with Gasteiger partial charge in [-0.3, -0.25) is 4.79 Å². The lowest BCUT2D eigenvalue weighted by Crippen LogP contribution is -2.26. The van der Waals surface area contributed by atoms with Crippen molar-refractivity contribution in [2.24, 2.45) is 0 Å². The van der Waals surface area contributed by atoms with E-state index in [2.05, 4.69) is 12.2 Å². The summed E-state index contributed by atoms with van der Waals surface area (Å²) in [5.41, 5.74) is 0.842. The Balaban J connectivity index is 2.26. The molecule has 16 heavy (non-hydrogen) atoms. The first-order chi connectivity index (χ1) is 7.72. The van der Waals surface area contributed by atoms with Crippen LogP contribution in [0, 0.1) is 5.82 Å². The Morgan fingerprint density at radius 1 is 1.25 bits per heavy atom. The minimum absolute atomic E-state index is 0.00251. The van der Waals surface area contributed by atoms with Gasteiger partial charge in [-0.05, 0) is 24.1 Å². The molecule has 1 rings (SSSR count). The maximum atomic E-state index is 12.6. The van der Waals surface area contributed by atoms with Crippen molar-refractivity contribution in [1.82, 2.24) is 5.32 Å². The number of hydrogen-bond donors (Lipinski definition) is 1. The van der Waals surface area contributed by atoms with Crippen LogP contribution in [-0.2, 0) is 11.2 Å². The standard InChI is InChI=1S/C13H18FNO/c1-2-3-4-9-15-13(16)10-11-5-7-12(14)8-6-11/h5-8H,2-4,9-10H2,1H3,(H,15,16). The number of carbonyl (C=O) groups excluding carboxylic acids is 1. The molecule has 0 saturated heterocycles. The molecule has 0 fully saturated rings. The van der Waals surface area contributed by atoms with Gasteiger partial charge in [0.25, 0.3) is 0 Å². The van der Waals surface area contributed by atoms with E-state index in [1.165, 1.54) is 12.1 Å². The lowest BCUT2D eigenvalue weighted by atomic mass is 10.1. The van der Waals surface area contributed by atoms with E-state index in [1.54, 1.807) is 12.1 Å². The Morgan fingerprint density at radius 3 is 2.56 bits per heavy atom. The number of halogens is 1. The molecule has 88 valence electrons. The van der Waals surface area contributed by atoms with E-state index in [4.69, 9.17) is 0 Å². The van der Waals surface area contributed by atoms with Crippen LogP contribution in [0.3, 0.4) is 0 Å². The van der Waals surface area contributed by atoms with E-state index in [0.717, 1.165) is 31.4 Å². The van der Waals surface area contributed by atoms with Crippen molar-refractivity contribution in [2.45, 2.75) is 32.6 Å². The van der Waals surface area contributed by atoms with E-state index < -0.39 is 0 Å². The summed E-state index contributed by atoms with van der Waals surface area (Å²) in [7, 11) is 0. The van der Waals surface area contributed by atoms with Crippen LogP contribution in [0.4, 0.5) is 4.39 Å². The molecule has 3 heteroatoms. The summed E-state index contributed by atoms with van der Waals surface area (Å²) in [5.74, 6) is -0.269. The predicted octanol–water partition coefficient (Wildman–Crippen LogP) is 2.67. The van der Waals surface area contributed by atoms with Crippen LogP contribution in [0.2, 0.25) is 0 Å². The maximum Gasteiger partial charge on any atom is 0.224 e. The Bertz CT molecular complexity index is 321. The van der Waals surface area contributed by atoms with Crippen LogP contribution in [0.1, 0.15) is 31.7 Å². The fourth-order valence-electron chi connectivity index (χ4n) is 1.45. The van der Waals surface area contributed by atoms with Crippen molar-refractivity contribution in [3.05, 3.63) is 35.6 Å². The molecule has 1 N–H and O–H groups in total. The smallest absolute Gasteiger partial charge is 0.224 e. The van der Waals surface area contributed by atoms with E-state index in [-0.39, 0.29) is 11.7 Å². The monoisotopic (exact) mass is 223 g/mol. The summed E-state index contributed by atoms with van der Waals surface area (Å²) in [5, 5.41) is 2.85. The van der Waals surface area contributed by atoms with Crippen LogP contribution in [0.15, 0.2) is 24.3 Å². The molecule has 0 bridgehead atoms. The lowest BCUT2D eigenvalue weighted by molar-refractivity contribution is -0.120. The second-order valence-corrected chi connectivity index (χ2v) is 3.86. The molecule has 0 aliphatic heterocycles. The highest BCUT2D eigenvalue weighted by Gasteiger charge is 2.02. The van der Waals surface area contributed by atoms with Gasteiger partial charge < -0.3 is 5.32 Å². The minimum atomic E-state index is -0.271. The van der Waals surface area contributed by atoms with Crippen molar-refractivity contribution < 1.29 is 9.18 Å². The van der Waals surface area contributed by atoms with E-state index in [9.17, 15) is 9.18 Å². The van der Waals surface area contributed by atoms with Gasteiger partial charge >= 0.3 is 0 Å². The van der Waals surface area contributed by atoms with E-state index in [1.807, 2.05) is 0 Å². The summed E-state index contributed by atoms with van der Waals surface area (Å²) in [6, 6.07) is 6.03. The third kappa shape index (κ3) is 4.91. The largest absolute Gasteiger partial charge is 0.356 e. The lowest BCUT2D eigenvalue weighted by Gasteiger charge is -2.04. The van der Waals surface area contributed by atoms with E-state index >= 15 is 0 Å². The molecular formula is C13H18FNO. The van der Waals surface area contributed by atoms with Crippen LogP contribution >= 0.6 is 0 Å². The fourth-order valence-corrected chi connectivity index (χ4v) is 1.45. The van der Waals surface area contributed by atoms with E-state index in [0.29, 0.717) is 6.42 Å². The molecule has 1 aromatic rings. The molecule has 0 atom stereocenters. The molecule has 2 nitrogen and oxygen atoms in total. The van der Waals surface area contributed by atoms with Crippen molar-refractivity contribution in [1.29, 1.82) is 0 Å². The van der Waals surface area contributed by atoms with Gasteiger partial charge in [-0.25, -0.2) is 4.39 Å². The molecule has 0 aromatic heterocycles. The molecule has 0 unspecified atom stereocenters. The molecule has 0 saturated carbocycles. The van der Waals surface area contributed by atoms with Crippen molar-refractivity contribution >= 4 is 5.91 Å². The number of unbranched alkanes of at least 4 members (excludes halogenated alkanes) is 2. The summed E-state index contributed by atoms with van der Waals surface area (Å²) in [4.78, 5) is 11.5. The maximum absolute atomic E-state index is 12.6. The zero-order valence-electron chi connectivity index (χ0n) is 9.63. The van der Waals surface area contributed by atoms with Crippen LogP contribution in [-0.4, -0.2) is 12.5 Å². The molecule has 0 aliphatic carbocycles. The van der Waals surface area contributed by atoms with Gasteiger partial charge in [0.15, 0.2) is 0 Å². The zero-order chi connectivity index (χ0) is 11.8. The number of amides is 1. The Kier molecular flexibility index (Phi) is 5.54. The Morgan fingerprint density at radius 2 is 1.94 bits per heavy atom. The topological polar surface area (TPSA) is 29.1 Å². The van der Waals surface area contributed by atoms with Gasteiger partial charge in [-0.2, -0.15) is 0 Å². The quantitative estimate of drug-likeness (QED) is 0.738. The van der Waals surface area contributed by atoms with Crippen molar-refractivity contribution in [3.8, 4) is 0 Å². The SMILES string of the molecule is CCCCCNC(=O)Cc1ccc(F)cc1. The predicted molar refractivity (Wildman–Crippen MR) is 62.6 cm³/mol. The Labute approximate surface area is 95.9 Å². The molecule has 1 amide bonds. The van der Waals surface area contributed by atoms with Crippen LogP contribution in [0.5, 0.6) is 0 Å². The number of benzene rings is 1. The number of carbonyl (C=O) groups is 1. The number of rotatable bonds is 6. The first kappa shape index (κ1) is 12.7.